The summed E-state index contributed by atoms with van der Waals surface area (Å²) in [4.78, 5) is 50.3. The van der Waals surface area contributed by atoms with Gasteiger partial charge < -0.3 is 28.7 Å². The van der Waals surface area contributed by atoms with Crippen LogP contribution in [0.1, 0.15) is 64.2 Å². The number of nitrogens with zero attached hydrogens (tertiary/aromatic N) is 2. The Hall–Kier alpha value is -2.78. The first-order valence-corrected chi connectivity index (χ1v) is 13.1. The van der Waals surface area contributed by atoms with Crippen LogP contribution in [0.5, 0.6) is 0 Å². The minimum absolute atomic E-state index is 0.0268. The standard InChI is InChI=1S/C26H42N2O8/c1-27(25(31)35-19-21-9-5-3-6-10-21)15-17-33-23(29)13-14-24(30)34-18-16-28(2)26(32)36-20-22-11-7-4-8-12-22/h13-14,21-22H,3-12,15-20H2,1-2H3/b14-13+. The first kappa shape index (κ1) is 29.5. The predicted octanol–water partition coefficient (Wildman–Crippen LogP) is 3.93. The van der Waals surface area contributed by atoms with Gasteiger partial charge in [-0.05, 0) is 37.5 Å². The highest BCUT2D eigenvalue weighted by Gasteiger charge is 2.18. The molecule has 0 spiro atoms. The third-order valence-electron chi connectivity index (χ3n) is 6.66. The topological polar surface area (TPSA) is 112 Å². The molecule has 0 aromatic rings. The van der Waals surface area contributed by atoms with Gasteiger partial charge in [0.05, 0.1) is 26.3 Å². The van der Waals surface area contributed by atoms with Crippen LogP contribution in [0.15, 0.2) is 12.2 Å². The van der Waals surface area contributed by atoms with Gasteiger partial charge >= 0.3 is 24.1 Å². The molecule has 0 unspecified atom stereocenters. The van der Waals surface area contributed by atoms with Crippen molar-refractivity contribution in [2.24, 2.45) is 11.8 Å². The molecular weight excluding hydrogens is 468 g/mol. The Kier molecular flexibility index (Phi) is 13.8. The molecule has 10 nitrogen and oxygen atoms in total. The fraction of sp³-hybridized carbons (Fsp3) is 0.769. The van der Waals surface area contributed by atoms with Crippen molar-refractivity contribution in [2.45, 2.75) is 64.2 Å². The molecule has 10 heteroatoms. The number of rotatable bonds is 12. The van der Waals surface area contributed by atoms with E-state index in [2.05, 4.69) is 0 Å². The highest BCUT2D eigenvalue weighted by atomic mass is 16.6. The Morgan fingerprint density at radius 1 is 0.611 bits per heavy atom. The molecule has 2 aliphatic carbocycles. The van der Waals surface area contributed by atoms with E-state index in [1.165, 1.54) is 48.3 Å². The van der Waals surface area contributed by atoms with E-state index < -0.39 is 24.1 Å². The largest absolute Gasteiger partial charge is 0.461 e. The molecule has 204 valence electrons. The number of esters is 2. The summed E-state index contributed by atoms with van der Waals surface area (Å²) < 4.78 is 20.7. The van der Waals surface area contributed by atoms with Crippen LogP contribution in [0.4, 0.5) is 9.59 Å². The van der Waals surface area contributed by atoms with Gasteiger partial charge in [-0.15, -0.1) is 0 Å². The van der Waals surface area contributed by atoms with E-state index in [0.717, 1.165) is 37.8 Å². The normalized spacial score (nSPS) is 16.8. The van der Waals surface area contributed by atoms with Gasteiger partial charge in [0, 0.05) is 26.2 Å². The molecule has 0 aromatic heterocycles. The molecule has 0 atom stereocenters. The lowest BCUT2D eigenvalue weighted by molar-refractivity contribution is -0.140. The third kappa shape index (κ3) is 12.3. The maximum atomic E-state index is 12.0. The summed E-state index contributed by atoms with van der Waals surface area (Å²) in [5.41, 5.74) is 0. The number of carbonyl (C=O) groups excluding carboxylic acids is 4. The Bertz CT molecular complexity index is 669. The number of hydrogen-bond donors (Lipinski definition) is 0. The van der Waals surface area contributed by atoms with Crippen LogP contribution in [0.25, 0.3) is 0 Å². The van der Waals surface area contributed by atoms with E-state index in [4.69, 9.17) is 18.9 Å². The number of carbonyl (C=O) groups is 4. The van der Waals surface area contributed by atoms with Gasteiger partial charge in [0.15, 0.2) is 0 Å². The average Bonchev–Trinajstić information content (AvgIpc) is 2.90. The van der Waals surface area contributed by atoms with Gasteiger partial charge in [-0.1, -0.05) is 38.5 Å². The van der Waals surface area contributed by atoms with Crippen LogP contribution >= 0.6 is 0 Å². The Morgan fingerprint density at radius 3 is 1.33 bits per heavy atom. The summed E-state index contributed by atoms with van der Waals surface area (Å²) in [5, 5.41) is 0. The van der Waals surface area contributed by atoms with Crippen LogP contribution in [-0.4, -0.2) is 87.5 Å². The summed E-state index contributed by atoms with van der Waals surface area (Å²) >= 11 is 0. The molecule has 0 aliphatic heterocycles. The molecule has 2 aliphatic rings. The van der Waals surface area contributed by atoms with E-state index in [-0.39, 0.29) is 26.3 Å². The fourth-order valence-corrected chi connectivity index (χ4v) is 4.29. The molecule has 36 heavy (non-hydrogen) atoms. The molecule has 2 rings (SSSR count). The average molecular weight is 511 g/mol. The molecule has 0 bridgehead atoms. The van der Waals surface area contributed by atoms with Crippen molar-refractivity contribution in [1.29, 1.82) is 0 Å². The van der Waals surface area contributed by atoms with Crippen molar-refractivity contribution in [3.63, 3.8) is 0 Å². The third-order valence-corrected chi connectivity index (χ3v) is 6.66. The molecule has 0 radical (unpaired) electrons. The summed E-state index contributed by atoms with van der Waals surface area (Å²) in [6.45, 7) is 1.14. The van der Waals surface area contributed by atoms with E-state index in [1.54, 1.807) is 14.1 Å². The molecular formula is C26H42N2O8. The smallest absolute Gasteiger partial charge is 0.409 e. The molecule has 2 saturated carbocycles. The van der Waals surface area contributed by atoms with Crippen LogP contribution in [-0.2, 0) is 28.5 Å². The maximum absolute atomic E-state index is 12.0. The molecule has 2 fully saturated rings. The lowest BCUT2D eigenvalue weighted by atomic mass is 9.90. The zero-order valence-corrected chi connectivity index (χ0v) is 21.8. The summed E-state index contributed by atoms with van der Waals surface area (Å²) in [7, 11) is 3.15. The summed E-state index contributed by atoms with van der Waals surface area (Å²) in [5.74, 6) is -0.586. The fourth-order valence-electron chi connectivity index (χ4n) is 4.29. The second-order valence-electron chi connectivity index (χ2n) is 9.67. The van der Waals surface area contributed by atoms with Crippen molar-refractivity contribution >= 4 is 24.1 Å². The van der Waals surface area contributed by atoms with E-state index in [0.29, 0.717) is 25.0 Å². The lowest BCUT2D eigenvalue weighted by Gasteiger charge is -2.23. The van der Waals surface area contributed by atoms with Gasteiger partial charge in [0.1, 0.15) is 13.2 Å². The monoisotopic (exact) mass is 510 g/mol. The van der Waals surface area contributed by atoms with Crippen LogP contribution < -0.4 is 0 Å². The molecule has 0 heterocycles. The summed E-state index contributed by atoms with van der Waals surface area (Å²) in [6, 6.07) is 0. The lowest BCUT2D eigenvalue weighted by Crippen LogP contribution is -2.32. The van der Waals surface area contributed by atoms with E-state index in [9.17, 15) is 19.2 Å². The van der Waals surface area contributed by atoms with Crippen LogP contribution in [0, 0.1) is 11.8 Å². The van der Waals surface area contributed by atoms with Crippen LogP contribution in [0.2, 0.25) is 0 Å². The van der Waals surface area contributed by atoms with E-state index >= 15 is 0 Å². The zero-order chi connectivity index (χ0) is 26.2. The minimum atomic E-state index is -0.723. The van der Waals surface area contributed by atoms with Gasteiger partial charge in [-0.2, -0.15) is 0 Å². The number of hydrogen-bond acceptors (Lipinski definition) is 8. The Morgan fingerprint density at radius 2 is 0.972 bits per heavy atom. The second-order valence-corrected chi connectivity index (χ2v) is 9.67. The van der Waals surface area contributed by atoms with Crippen molar-refractivity contribution < 1.29 is 38.1 Å². The van der Waals surface area contributed by atoms with Gasteiger partial charge in [0.25, 0.3) is 0 Å². The van der Waals surface area contributed by atoms with Gasteiger partial charge in [0.2, 0.25) is 0 Å². The highest BCUT2D eigenvalue weighted by Crippen LogP contribution is 2.24. The SMILES string of the molecule is CN(CCOC(=O)/C=C/C(=O)OCCN(C)C(=O)OCC1CCCCC1)C(=O)OCC1CCCCC1. The maximum Gasteiger partial charge on any atom is 0.409 e. The Balaban J connectivity index is 1.51. The molecule has 0 saturated heterocycles. The highest BCUT2D eigenvalue weighted by molar-refractivity contribution is 5.91. The zero-order valence-electron chi connectivity index (χ0n) is 21.8. The predicted molar refractivity (Wildman–Crippen MR) is 132 cm³/mol. The van der Waals surface area contributed by atoms with Crippen molar-refractivity contribution in [2.75, 3.05) is 53.6 Å². The first-order valence-electron chi connectivity index (χ1n) is 13.1. The number of amides is 2. The molecule has 2 amide bonds. The van der Waals surface area contributed by atoms with Crippen molar-refractivity contribution in [1.82, 2.24) is 9.80 Å². The van der Waals surface area contributed by atoms with Gasteiger partial charge in [-0.3, -0.25) is 0 Å². The molecule has 0 N–H and O–H groups in total. The van der Waals surface area contributed by atoms with Crippen molar-refractivity contribution in [3.05, 3.63) is 12.2 Å². The number of ether oxygens (including phenoxy) is 4. The van der Waals surface area contributed by atoms with Crippen LogP contribution in [0.3, 0.4) is 0 Å². The second kappa shape index (κ2) is 16.8. The summed E-state index contributed by atoms with van der Waals surface area (Å²) in [6.07, 6.45) is 12.6. The minimum Gasteiger partial charge on any atom is -0.461 e. The van der Waals surface area contributed by atoms with Crippen molar-refractivity contribution in [3.8, 4) is 0 Å². The first-order chi connectivity index (χ1) is 17.3. The quantitative estimate of drug-likeness (QED) is 0.221. The Labute approximate surface area is 214 Å². The molecule has 0 aromatic carbocycles. The van der Waals surface area contributed by atoms with Gasteiger partial charge in [-0.25, -0.2) is 19.2 Å². The number of likely N-dealkylation sites (N-methyl/N-ethyl adjacent to an activating group) is 2. The van der Waals surface area contributed by atoms with E-state index in [1.807, 2.05) is 0 Å².